The maximum absolute atomic E-state index is 3.20. The smallest absolute Gasteiger partial charge is 0.0631 e. The van der Waals surface area contributed by atoms with Crippen molar-refractivity contribution in [1.29, 1.82) is 0 Å². The first kappa shape index (κ1) is 13.5. The van der Waals surface area contributed by atoms with Crippen LogP contribution in [0.4, 0.5) is 0 Å². The Labute approximate surface area is 89.1 Å². The van der Waals surface area contributed by atoms with E-state index in [-0.39, 0.29) is 0 Å². The molecule has 3 heteroatoms. The van der Waals surface area contributed by atoms with E-state index in [2.05, 4.69) is 37.8 Å². The van der Waals surface area contributed by atoms with E-state index >= 15 is 0 Å². The Morgan fingerprint density at radius 2 is 1.62 bits per heavy atom. The summed E-state index contributed by atoms with van der Waals surface area (Å²) < 4.78 is 0. The van der Waals surface area contributed by atoms with Gasteiger partial charge in [-0.2, -0.15) is 11.8 Å². The molecule has 0 aromatic carbocycles. The summed E-state index contributed by atoms with van der Waals surface area (Å²) in [6, 6.07) is 4.39. The van der Waals surface area contributed by atoms with E-state index in [1.807, 2.05) is 7.05 Å². The van der Waals surface area contributed by atoms with Crippen molar-refractivity contribution in [2.24, 2.45) is 0 Å². The summed E-state index contributed by atoms with van der Waals surface area (Å²) >= 11 is 2.16. The minimum atomic E-state index is -0.832. The summed E-state index contributed by atoms with van der Waals surface area (Å²) in [5, 5.41) is 4.67. The Bertz CT molecular complexity index is 107. The molecule has 0 aliphatic rings. The molecule has 0 rings (SSSR count). The Morgan fingerprint density at radius 3 is 2.00 bits per heavy atom. The lowest BCUT2D eigenvalue weighted by Gasteiger charge is -2.27. The van der Waals surface area contributed by atoms with Crippen LogP contribution < -0.4 is 5.32 Å². The molecular formula is C10H25NSSi. The molecule has 1 nitrogen and oxygen atoms in total. The highest BCUT2D eigenvalue weighted by Crippen LogP contribution is 2.24. The van der Waals surface area contributed by atoms with Crippen molar-refractivity contribution in [1.82, 2.24) is 5.32 Å². The summed E-state index contributed by atoms with van der Waals surface area (Å²) in [5.74, 6) is 1.28. The molecule has 0 radical (unpaired) electrons. The molecule has 0 heterocycles. The lowest BCUT2D eigenvalue weighted by atomic mass is 10.8. The van der Waals surface area contributed by atoms with Crippen molar-refractivity contribution in [3.8, 4) is 0 Å². The Hall–Kier alpha value is 0.527. The van der Waals surface area contributed by atoms with Crippen LogP contribution in [0.3, 0.4) is 0 Å². The van der Waals surface area contributed by atoms with E-state index in [1.54, 1.807) is 0 Å². The highest BCUT2D eigenvalue weighted by Gasteiger charge is 2.25. The van der Waals surface area contributed by atoms with Crippen LogP contribution in [0, 0.1) is 0 Å². The van der Waals surface area contributed by atoms with Gasteiger partial charge in [-0.05, 0) is 12.4 Å². The van der Waals surface area contributed by atoms with Crippen LogP contribution in [-0.4, -0.2) is 32.8 Å². The van der Waals surface area contributed by atoms with Crippen molar-refractivity contribution in [3.05, 3.63) is 0 Å². The molecule has 0 spiro atoms. The predicted octanol–water partition coefficient (Wildman–Crippen LogP) is 2.99. The summed E-state index contributed by atoms with van der Waals surface area (Å²) in [7, 11) is 1.20. The van der Waals surface area contributed by atoms with Crippen molar-refractivity contribution in [2.45, 2.75) is 38.9 Å². The molecular weight excluding hydrogens is 194 g/mol. The highest BCUT2D eigenvalue weighted by molar-refractivity contribution is 8.00. The fourth-order valence-electron chi connectivity index (χ4n) is 1.52. The lowest BCUT2D eigenvalue weighted by Crippen LogP contribution is -2.35. The maximum Gasteiger partial charge on any atom is 0.0631 e. The zero-order valence-electron chi connectivity index (χ0n) is 9.65. The SMILES string of the molecule is CC[Si](CC)(CC)CSCCNC. The van der Waals surface area contributed by atoms with E-state index in [9.17, 15) is 0 Å². The van der Waals surface area contributed by atoms with Gasteiger partial charge < -0.3 is 5.32 Å². The third kappa shape index (κ3) is 5.08. The first-order valence-electron chi connectivity index (χ1n) is 5.47. The predicted molar refractivity (Wildman–Crippen MR) is 68.4 cm³/mol. The first-order valence-corrected chi connectivity index (χ1v) is 9.45. The van der Waals surface area contributed by atoms with Crippen molar-refractivity contribution in [3.63, 3.8) is 0 Å². The standard InChI is InChI=1S/C10H25NSSi/c1-5-13(6-2,7-3)10-12-9-8-11-4/h11H,5-10H2,1-4H3. The number of hydrogen-bond donors (Lipinski definition) is 1. The monoisotopic (exact) mass is 219 g/mol. The normalized spacial score (nSPS) is 12.0. The van der Waals surface area contributed by atoms with Gasteiger partial charge in [0.1, 0.15) is 0 Å². The molecule has 80 valence electrons. The van der Waals surface area contributed by atoms with Gasteiger partial charge in [-0.15, -0.1) is 0 Å². The van der Waals surface area contributed by atoms with Crippen LogP contribution in [0.1, 0.15) is 20.8 Å². The number of hydrogen-bond acceptors (Lipinski definition) is 2. The van der Waals surface area contributed by atoms with E-state index in [0.717, 1.165) is 6.54 Å². The Balaban J connectivity index is 3.68. The molecule has 0 aromatic rings. The second-order valence-corrected chi connectivity index (χ2v) is 10.8. The summed E-state index contributed by atoms with van der Waals surface area (Å²) in [5.41, 5.74) is 0. The molecule has 0 aliphatic carbocycles. The summed E-state index contributed by atoms with van der Waals surface area (Å²) in [6.07, 6.45) is 0. The molecule has 0 saturated heterocycles. The van der Waals surface area contributed by atoms with Gasteiger partial charge in [-0.3, -0.25) is 0 Å². The Kier molecular flexibility index (Phi) is 8.21. The molecule has 0 amide bonds. The fraction of sp³-hybridized carbons (Fsp3) is 1.00. The molecule has 0 unspecified atom stereocenters. The van der Waals surface area contributed by atoms with Gasteiger partial charge in [-0.1, -0.05) is 38.9 Å². The Morgan fingerprint density at radius 1 is 1.08 bits per heavy atom. The molecule has 0 fully saturated rings. The van der Waals surface area contributed by atoms with Crippen molar-refractivity contribution in [2.75, 3.05) is 24.7 Å². The second kappa shape index (κ2) is 7.89. The maximum atomic E-state index is 3.20. The average molecular weight is 219 g/mol. The summed E-state index contributed by atoms with van der Waals surface area (Å²) in [4.78, 5) is 0. The first-order chi connectivity index (χ1) is 6.24. The minimum absolute atomic E-state index is 0.832. The van der Waals surface area contributed by atoms with Crippen LogP contribution in [-0.2, 0) is 0 Å². The van der Waals surface area contributed by atoms with Crippen molar-refractivity contribution < 1.29 is 0 Å². The average Bonchev–Trinajstić information content (AvgIpc) is 2.20. The topological polar surface area (TPSA) is 12.0 Å². The largest absolute Gasteiger partial charge is 0.319 e. The number of rotatable bonds is 8. The third-order valence-electron chi connectivity index (χ3n) is 3.15. The van der Waals surface area contributed by atoms with Crippen LogP contribution in [0.15, 0.2) is 0 Å². The second-order valence-electron chi connectivity index (χ2n) is 3.72. The van der Waals surface area contributed by atoms with Gasteiger partial charge in [0, 0.05) is 12.3 Å². The third-order valence-corrected chi connectivity index (χ3v) is 11.4. The molecule has 0 saturated carbocycles. The van der Waals surface area contributed by atoms with Gasteiger partial charge in [0.05, 0.1) is 8.07 Å². The van der Waals surface area contributed by atoms with Crippen LogP contribution in [0.25, 0.3) is 0 Å². The van der Waals surface area contributed by atoms with E-state index in [4.69, 9.17) is 0 Å². The van der Waals surface area contributed by atoms with Gasteiger partial charge in [0.15, 0.2) is 0 Å². The molecule has 0 aliphatic heterocycles. The molecule has 0 aromatic heterocycles. The van der Waals surface area contributed by atoms with Crippen LogP contribution in [0.2, 0.25) is 18.1 Å². The van der Waals surface area contributed by atoms with E-state index < -0.39 is 8.07 Å². The van der Waals surface area contributed by atoms with E-state index in [1.165, 1.54) is 29.3 Å². The molecule has 0 bridgehead atoms. The highest BCUT2D eigenvalue weighted by atomic mass is 32.2. The van der Waals surface area contributed by atoms with E-state index in [0.29, 0.717) is 0 Å². The molecule has 0 atom stereocenters. The number of thioether (sulfide) groups is 1. The minimum Gasteiger partial charge on any atom is -0.319 e. The van der Waals surface area contributed by atoms with Crippen LogP contribution in [0.5, 0.6) is 0 Å². The number of nitrogens with one attached hydrogen (secondary N) is 1. The lowest BCUT2D eigenvalue weighted by molar-refractivity contribution is 0.872. The fourth-order valence-corrected chi connectivity index (χ4v) is 8.13. The van der Waals surface area contributed by atoms with Gasteiger partial charge in [-0.25, -0.2) is 0 Å². The van der Waals surface area contributed by atoms with Gasteiger partial charge in [0.2, 0.25) is 0 Å². The quantitative estimate of drug-likeness (QED) is 0.497. The van der Waals surface area contributed by atoms with Crippen LogP contribution >= 0.6 is 11.8 Å². The van der Waals surface area contributed by atoms with Gasteiger partial charge >= 0.3 is 0 Å². The van der Waals surface area contributed by atoms with Crippen molar-refractivity contribution >= 4 is 19.8 Å². The molecule has 13 heavy (non-hydrogen) atoms. The summed E-state index contributed by atoms with van der Waals surface area (Å²) in [6.45, 7) is 8.32. The van der Waals surface area contributed by atoms with Gasteiger partial charge in [0.25, 0.3) is 0 Å². The zero-order chi connectivity index (χ0) is 10.2. The molecule has 1 N–H and O–H groups in total. The zero-order valence-corrected chi connectivity index (χ0v) is 11.5.